The Morgan fingerprint density at radius 3 is 2.48 bits per heavy atom. The van der Waals surface area contributed by atoms with Gasteiger partial charge in [0.05, 0.1) is 28.1 Å². The van der Waals surface area contributed by atoms with E-state index in [1.54, 1.807) is 55.5 Å². The number of rotatable bonds is 3. The van der Waals surface area contributed by atoms with Crippen molar-refractivity contribution in [2.45, 2.75) is 6.92 Å². The number of amides is 3. The topological polar surface area (TPSA) is 92.0 Å². The van der Waals surface area contributed by atoms with Crippen LogP contribution in [-0.2, 0) is 4.79 Å². The van der Waals surface area contributed by atoms with Gasteiger partial charge in [-0.1, -0.05) is 22.0 Å². The van der Waals surface area contributed by atoms with Crippen LogP contribution in [0.2, 0.25) is 0 Å². The van der Waals surface area contributed by atoms with E-state index in [2.05, 4.69) is 26.3 Å². The third-order valence-corrected chi connectivity index (χ3v) is 5.60. The molecule has 0 bridgehead atoms. The van der Waals surface area contributed by atoms with Gasteiger partial charge in [0, 0.05) is 10.0 Å². The molecule has 7 nitrogen and oxygen atoms in total. The zero-order chi connectivity index (χ0) is 21.7. The van der Waals surface area contributed by atoms with Crippen LogP contribution in [0.25, 0.3) is 17.4 Å². The maximum Gasteiger partial charge on any atom is 0.280 e. The van der Waals surface area contributed by atoms with E-state index in [1.807, 2.05) is 12.1 Å². The van der Waals surface area contributed by atoms with Gasteiger partial charge in [0.25, 0.3) is 17.7 Å². The summed E-state index contributed by atoms with van der Waals surface area (Å²) in [6, 6.07) is 15.7. The molecule has 0 aliphatic carbocycles. The number of fused-ring (bicyclic) bond motifs is 1. The Balaban J connectivity index is 1.43. The van der Waals surface area contributed by atoms with E-state index in [0.717, 1.165) is 4.47 Å². The van der Waals surface area contributed by atoms with Gasteiger partial charge in [-0.05, 0) is 61.5 Å². The summed E-state index contributed by atoms with van der Waals surface area (Å²) in [4.78, 5) is 36.5. The number of nitrogens with one attached hydrogen (secondary N) is 1. The molecule has 0 saturated heterocycles. The Morgan fingerprint density at radius 1 is 0.968 bits per heavy atom. The zero-order valence-electron chi connectivity index (χ0n) is 16.2. The van der Waals surface area contributed by atoms with Crippen LogP contribution in [0.3, 0.4) is 0 Å². The molecule has 2 aliphatic heterocycles. The van der Waals surface area contributed by atoms with Crippen molar-refractivity contribution in [1.29, 1.82) is 0 Å². The SMILES string of the molecule is CC1=NN(c2ccc(Br)cc2)C(=O)/C1=C/c1ccc(-c2ccc3c(c2)C(=O)NC3=O)o1. The number of nitrogens with zero attached hydrogens (tertiary/aromatic N) is 2. The number of furan rings is 1. The monoisotopic (exact) mass is 475 g/mol. The largest absolute Gasteiger partial charge is 0.457 e. The Morgan fingerprint density at radius 2 is 1.71 bits per heavy atom. The molecular formula is C23H14BrN3O4. The molecule has 3 amide bonds. The summed E-state index contributed by atoms with van der Waals surface area (Å²) >= 11 is 3.38. The number of hydrogen-bond acceptors (Lipinski definition) is 5. The quantitative estimate of drug-likeness (QED) is 0.448. The highest BCUT2D eigenvalue weighted by Crippen LogP contribution is 2.30. The van der Waals surface area contributed by atoms with Gasteiger partial charge in [-0.25, -0.2) is 0 Å². The number of hydrazone groups is 1. The molecule has 5 rings (SSSR count). The minimum absolute atomic E-state index is 0.245. The van der Waals surface area contributed by atoms with Crippen molar-refractivity contribution < 1.29 is 18.8 Å². The smallest absolute Gasteiger partial charge is 0.280 e. The van der Waals surface area contributed by atoms with Gasteiger partial charge in [-0.3, -0.25) is 19.7 Å². The number of hydrogen-bond donors (Lipinski definition) is 1. The number of anilines is 1. The molecule has 2 aliphatic rings. The molecule has 8 heteroatoms. The highest BCUT2D eigenvalue weighted by atomic mass is 79.9. The van der Waals surface area contributed by atoms with E-state index in [9.17, 15) is 14.4 Å². The van der Waals surface area contributed by atoms with Crippen molar-refractivity contribution >= 4 is 51.1 Å². The predicted octanol–water partition coefficient (Wildman–Crippen LogP) is 4.40. The van der Waals surface area contributed by atoms with E-state index >= 15 is 0 Å². The maximum absolute atomic E-state index is 12.9. The summed E-state index contributed by atoms with van der Waals surface area (Å²) in [5.41, 5.74) is 3.01. The minimum atomic E-state index is -0.424. The molecule has 0 radical (unpaired) electrons. The standard InChI is InChI=1S/C23H14BrN3O4/c1-12-18(23(30)27(26-12)15-5-3-14(24)4-6-15)11-16-7-9-20(31-16)13-2-8-17-19(10-13)22(29)25-21(17)28/h2-11H,1H3,(H,25,28,29)/b18-11+. The first-order chi connectivity index (χ1) is 14.9. The van der Waals surface area contributed by atoms with Crippen LogP contribution in [0.1, 0.15) is 33.4 Å². The minimum Gasteiger partial charge on any atom is -0.457 e. The number of carbonyl (C=O) groups excluding carboxylic acids is 3. The van der Waals surface area contributed by atoms with Crippen molar-refractivity contribution in [2.24, 2.45) is 5.10 Å². The average molecular weight is 476 g/mol. The molecule has 0 saturated carbocycles. The highest BCUT2D eigenvalue weighted by molar-refractivity contribution is 9.10. The zero-order valence-corrected chi connectivity index (χ0v) is 17.8. The summed E-state index contributed by atoms with van der Waals surface area (Å²) in [7, 11) is 0. The molecule has 2 aromatic carbocycles. The van der Waals surface area contributed by atoms with E-state index in [1.165, 1.54) is 5.01 Å². The second-order valence-electron chi connectivity index (χ2n) is 7.08. The predicted molar refractivity (Wildman–Crippen MR) is 119 cm³/mol. The van der Waals surface area contributed by atoms with Gasteiger partial charge in [-0.15, -0.1) is 0 Å². The lowest BCUT2D eigenvalue weighted by Crippen LogP contribution is -2.21. The van der Waals surface area contributed by atoms with Crippen molar-refractivity contribution in [3.8, 4) is 11.3 Å². The van der Waals surface area contributed by atoms with Crippen molar-refractivity contribution in [3.63, 3.8) is 0 Å². The van der Waals surface area contributed by atoms with Crippen molar-refractivity contribution in [1.82, 2.24) is 5.32 Å². The first-order valence-electron chi connectivity index (χ1n) is 9.38. The average Bonchev–Trinajstić information content (AvgIpc) is 3.42. The van der Waals surface area contributed by atoms with Crippen molar-refractivity contribution in [2.75, 3.05) is 5.01 Å². The van der Waals surface area contributed by atoms with Crippen molar-refractivity contribution in [3.05, 3.63) is 81.5 Å². The Bertz CT molecular complexity index is 1340. The molecule has 152 valence electrons. The van der Waals surface area contributed by atoms with Gasteiger partial charge in [0.1, 0.15) is 11.5 Å². The van der Waals surface area contributed by atoms with Gasteiger partial charge in [0.2, 0.25) is 0 Å². The summed E-state index contributed by atoms with van der Waals surface area (Å²) in [5, 5.41) is 7.99. The Hall–Kier alpha value is -3.78. The summed E-state index contributed by atoms with van der Waals surface area (Å²) in [6.45, 7) is 1.77. The molecule has 1 N–H and O–H groups in total. The lowest BCUT2D eigenvalue weighted by atomic mass is 10.0. The van der Waals surface area contributed by atoms with Crippen LogP contribution >= 0.6 is 15.9 Å². The molecule has 0 fully saturated rings. The third kappa shape index (κ3) is 3.30. The van der Waals surface area contributed by atoms with Crippen LogP contribution < -0.4 is 10.3 Å². The fourth-order valence-corrected chi connectivity index (χ4v) is 3.75. The molecule has 0 atom stereocenters. The summed E-state index contributed by atoms with van der Waals surface area (Å²) < 4.78 is 6.79. The van der Waals surface area contributed by atoms with Gasteiger partial charge < -0.3 is 4.42 Å². The Labute approximate surface area is 185 Å². The summed E-state index contributed by atoms with van der Waals surface area (Å²) in [6.07, 6.45) is 1.65. The van der Waals surface area contributed by atoms with Crippen LogP contribution in [0.15, 0.2) is 74.2 Å². The van der Waals surface area contributed by atoms with E-state index in [0.29, 0.717) is 45.2 Å². The molecule has 3 heterocycles. The van der Waals surface area contributed by atoms with E-state index in [4.69, 9.17) is 4.42 Å². The van der Waals surface area contributed by atoms with Gasteiger partial charge >= 0.3 is 0 Å². The highest BCUT2D eigenvalue weighted by Gasteiger charge is 2.29. The van der Waals surface area contributed by atoms with Crippen LogP contribution in [0, 0.1) is 0 Å². The molecule has 0 spiro atoms. The second-order valence-corrected chi connectivity index (χ2v) is 8.00. The third-order valence-electron chi connectivity index (χ3n) is 5.07. The lowest BCUT2D eigenvalue weighted by Gasteiger charge is -2.11. The first kappa shape index (κ1) is 19.2. The fraction of sp³-hybridized carbons (Fsp3) is 0.0435. The molecule has 31 heavy (non-hydrogen) atoms. The number of carbonyl (C=O) groups is 3. The van der Waals surface area contributed by atoms with Crippen LogP contribution in [0.4, 0.5) is 5.69 Å². The molecule has 1 aromatic heterocycles. The van der Waals surface area contributed by atoms with E-state index in [-0.39, 0.29) is 5.91 Å². The van der Waals surface area contributed by atoms with Gasteiger partial charge in [0.15, 0.2) is 0 Å². The molecule has 3 aromatic rings. The van der Waals surface area contributed by atoms with Crippen LogP contribution in [0.5, 0.6) is 0 Å². The Kier molecular flexibility index (Phi) is 4.44. The van der Waals surface area contributed by atoms with E-state index < -0.39 is 11.8 Å². The second kappa shape index (κ2) is 7.17. The van der Waals surface area contributed by atoms with Crippen LogP contribution in [-0.4, -0.2) is 23.4 Å². The lowest BCUT2D eigenvalue weighted by molar-refractivity contribution is -0.114. The van der Waals surface area contributed by atoms with Gasteiger partial charge in [-0.2, -0.15) is 10.1 Å². The molecule has 0 unspecified atom stereocenters. The number of benzene rings is 2. The normalized spacial score (nSPS) is 16.7. The maximum atomic E-state index is 12.9. The fourth-order valence-electron chi connectivity index (χ4n) is 3.49. The summed E-state index contributed by atoms with van der Waals surface area (Å²) in [5.74, 6) is -0.0721. The number of halogens is 1. The molecular weight excluding hydrogens is 462 g/mol. The number of imide groups is 1. The first-order valence-corrected chi connectivity index (χ1v) is 10.2.